The van der Waals surface area contributed by atoms with Crippen LogP contribution in [0.25, 0.3) is 0 Å². The summed E-state index contributed by atoms with van der Waals surface area (Å²) in [7, 11) is 1.56. The average Bonchev–Trinajstić information content (AvgIpc) is 2.57. The van der Waals surface area contributed by atoms with Gasteiger partial charge in [0.2, 0.25) is 0 Å². The van der Waals surface area contributed by atoms with Gasteiger partial charge >= 0.3 is 0 Å². The first kappa shape index (κ1) is 17.8. The molecule has 0 heterocycles. The molecule has 0 bridgehead atoms. The quantitative estimate of drug-likeness (QED) is 0.426. The molecule has 1 unspecified atom stereocenters. The van der Waals surface area contributed by atoms with Crippen LogP contribution in [0.15, 0.2) is 53.7 Å². The van der Waals surface area contributed by atoms with Crippen molar-refractivity contribution >= 4 is 0 Å². The lowest BCUT2D eigenvalue weighted by Gasteiger charge is -2.26. The third-order valence-electron chi connectivity index (χ3n) is 3.65. The molecule has 128 valence electrons. The highest BCUT2D eigenvalue weighted by Gasteiger charge is 2.35. The van der Waals surface area contributed by atoms with Crippen LogP contribution in [-0.2, 0) is 5.54 Å². The predicted octanol–water partition coefficient (Wildman–Crippen LogP) is 0.530. The molecule has 8 nitrogen and oxygen atoms in total. The van der Waals surface area contributed by atoms with Gasteiger partial charge in [-0.25, -0.2) is 0 Å². The van der Waals surface area contributed by atoms with E-state index in [-0.39, 0.29) is 6.54 Å². The van der Waals surface area contributed by atoms with Crippen LogP contribution in [0, 0.1) is 4.91 Å². The summed E-state index contributed by atoms with van der Waals surface area (Å²) >= 11 is 0. The number of nitroso groups, excluding NO2 is 1. The van der Waals surface area contributed by atoms with Gasteiger partial charge in [-0.15, -0.1) is 4.91 Å². The molecule has 2 aromatic carbocycles. The van der Waals surface area contributed by atoms with Crippen molar-refractivity contribution < 1.29 is 9.47 Å². The number of nitrogens with two attached hydrogens (primary N) is 4. The maximum Gasteiger partial charge on any atom is 0.271 e. The number of benzene rings is 2. The minimum absolute atomic E-state index is 0.00234. The third kappa shape index (κ3) is 3.69. The summed E-state index contributed by atoms with van der Waals surface area (Å²) < 4.78 is 10.3. The summed E-state index contributed by atoms with van der Waals surface area (Å²) in [6, 6.07) is 13.5. The Labute approximate surface area is 139 Å². The van der Waals surface area contributed by atoms with Gasteiger partial charge in [-0.2, -0.15) is 0 Å². The Hall–Kier alpha value is -2.52. The van der Waals surface area contributed by atoms with E-state index in [9.17, 15) is 4.91 Å². The van der Waals surface area contributed by atoms with E-state index in [0.29, 0.717) is 22.6 Å². The molecule has 0 radical (unpaired) electrons. The lowest BCUT2D eigenvalue weighted by molar-refractivity contribution is 0.0901. The number of hydrogen-bond acceptors (Lipinski definition) is 8. The molecule has 2 rings (SSSR count). The number of methoxy groups -OCH3 is 1. The standard InChI is InChI=1S/C16H21N5O3/c1-23-13-6-2-11(3-7-13)15(10-17,21-22)12-4-8-14(9-5-12)24-16(18,19)20/h2-9H,10,17-20H2,1H3. The topological polar surface area (TPSA) is 152 Å². The molecule has 24 heavy (non-hydrogen) atoms. The fourth-order valence-corrected chi connectivity index (χ4v) is 2.41. The molecule has 0 fully saturated rings. The van der Waals surface area contributed by atoms with E-state index in [1.807, 2.05) is 0 Å². The maximum absolute atomic E-state index is 11.7. The molecule has 0 saturated heterocycles. The van der Waals surface area contributed by atoms with Gasteiger partial charge < -0.3 is 15.2 Å². The van der Waals surface area contributed by atoms with Gasteiger partial charge in [0.1, 0.15) is 11.5 Å². The van der Waals surface area contributed by atoms with E-state index >= 15 is 0 Å². The Kier molecular flexibility index (Phi) is 5.15. The van der Waals surface area contributed by atoms with Gasteiger partial charge in [-0.3, -0.25) is 17.2 Å². The van der Waals surface area contributed by atoms with E-state index in [0.717, 1.165) is 0 Å². The van der Waals surface area contributed by atoms with Crippen LogP contribution >= 0.6 is 0 Å². The van der Waals surface area contributed by atoms with Gasteiger partial charge in [-0.05, 0) is 35.4 Å². The molecule has 1 atom stereocenters. The van der Waals surface area contributed by atoms with Crippen molar-refractivity contribution in [1.29, 1.82) is 0 Å². The molecule has 0 aliphatic rings. The van der Waals surface area contributed by atoms with Crippen molar-refractivity contribution in [2.24, 2.45) is 28.1 Å². The minimum Gasteiger partial charge on any atom is -0.497 e. The average molecular weight is 331 g/mol. The van der Waals surface area contributed by atoms with Crippen molar-refractivity contribution in [3.63, 3.8) is 0 Å². The van der Waals surface area contributed by atoms with Crippen LogP contribution in [0.4, 0.5) is 0 Å². The Balaban J connectivity index is 2.40. The van der Waals surface area contributed by atoms with Gasteiger partial charge in [0.25, 0.3) is 5.97 Å². The zero-order valence-electron chi connectivity index (χ0n) is 13.3. The lowest BCUT2D eigenvalue weighted by atomic mass is 9.83. The van der Waals surface area contributed by atoms with Crippen molar-refractivity contribution in [2.75, 3.05) is 13.7 Å². The van der Waals surface area contributed by atoms with E-state index in [1.54, 1.807) is 55.6 Å². The first-order valence-corrected chi connectivity index (χ1v) is 7.20. The van der Waals surface area contributed by atoms with Gasteiger partial charge in [0, 0.05) is 6.54 Å². The molecule has 0 aliphatic heterocycles. The van der Waals surface area contributed by atoms with Crippen molar-refractivity contribution in [1.82, 2.24) is 0 Å². The SMILES string of the molecule is COc1ccc(C(CN)(N=O)c2ccc(OC(N)(N)N)cc2)cc1. The van der Waals surface area contributed by atoms with E-state index in [4.69, 9.17) is 32.4 Å². The fraction of sp³-hybridized carbons (Fsp3) is 0.250. The summed E-state index contributed by atoms with van der Waals surface area (Å²) in [5.41, 5.74) is 22.1. The van der Waals surface area contributed by atoms with Crippen molar-refractivity contribution in [3.05, 3.63) is 64.6 Å². The summed E-state index contributed by atoms with van der Waals surface area (Å²) in [5.74, 6) is -0.756. The lowest BCUT2D eigenvalue weighted by Crippen LogP contribution is -2.62. The number of rotatable bonds is 7. The highest BCUT2D eigenvalue weighted by Crippen LogP contribution is 2.34. The molecule has 8 heteroatoms. The van der Waals surface area contributed by atoms with Crippen molar-refractivity contribution in [2.45, 2.75) is 11.5 Å². The Bertz CT molecular complexity index is 682. The van der Waals surface area contributed by atoms with Crippen LogP contribution in [0.5, 0.6) is 11.5 Å². The largest absolute Gasteiger partial charge is 0.497 e. The second-order valence-corrected chi connectivity index (χ2v) is 5.36. The molecule has 0 amide bonds. The van der Waals surface area contributed by atoms with Crippen LogP contribution < -0.4 is 32.4 Å². The van der Waals surface area contributed by atoms with E-state index < -0.39 is 11.5 Å². The Morgan fingerprint density at radius 3 is 1.71 bits per heavy atom. The monoisotopic (exact) mass is 331 g/mol. The third-order valence-corrected chi connectivity index (χ3v) is 3.65. The molecule has 0 saturated carbocycles. The molecular formula is C16H21N5O3. The van der Waals surface area contributed by atoms with Crippen LogP contribution in [0.2, 0.25) is 0 Å². The van der Waals surface area contributed by atoms with Crippen LogP contribution in [0.1, 0.15) is 11.1 Å². The van der Waals surface area contributed by atoms with Gasteiger partial charge in [0.05, 0.1) is 7.11 Å². The molecule has 2 aromatic rings. The molecular weight excluding hydrogens is 310 g/mol. The van der Waals surface area contributed by atoms with Crippen LogP contribution in [0.3, 0.4) is 0 Å². The minimum atomic E-state index is -1.79. The first-order chi connectivity index (χ1) is 11.3. The zero-order chi connectivity index (χ0) is 17.8. The van der Waals surface area contributed by atoms with Crippen molar-refractivity contribution in [3.8, 4) is 11.5 Å². The normalized spacial score (nSPS) is 13.9. The van der Waals surface area contributed by atoms with Crippen LogP contribution in [-0.4, -0.2) is 19.6 Å². The van der Waals surface area contributed by atoms with E-state index in [2.05, 4.69) is 5.18 Å². The predicted molar refractivity (Wildman–Crippen MR) is 91.0 cm³/mol. The Morgan fingerprint density at radius 2 is 1.38 bits per heavy atom. The molecule has 0 aromatic heterocycles. The molecule has 0 spiro atoms. The second kappa shape index (κ2) is 6.93. The van der Waals surface area contributed by atoms with Gasteiger partial charge in [0.15, 0.2) is 5.54 Å². The van der Waals surface area contributed by atoms with Gasteiger partial charge in [-0.1, -0.05) is 29.4 Å². The first-order valence-electron chi connectivity index (χ1n) is 7.20. The Morgan fingerprint density at radius 1 is 0.917 bits per heavy atom. The smallest absolute Gasteiger partial charge is 0.271 e. The number of hydrogen-bond donors (Lipinski definition) is 4. The summed E-state index contributed by atoms with van der Waals surface area (Å²) in [5, 5.41) is 3.31. The van der Waals surface area contributed by atoms with E-state index in [1.165, 1.54) is 0 Å². The zero-order valence-corrected chi connectivity index (χ0v) is 13.3. The highest BCUT2D eigenvalue weighted by molar-refractivity contribution is 5.43. The molecule has 0 aliphatic carbocycles. The summed E-state index contributed by atoms with van der Waals surface area (Å²) in [4.78, 5) is 11.7. The summed E-state index contributed by atoms with van der Waals surface area (Å²) in [6.07, 6.45) is 0. The maximum atomic E-state index is 11.7. The fourth-order valence-electron chi connectivity index (χ4n) is 2.41. The molecule has 8 N–H and O–H groups in total. The highest BCUT2D eigenvalue weighted by atomic mass is 16.5. The summed E-state index contributed by atoms with van der Waals surface area (Å²) in [6.45, 7) is -0.00234. The number of ether oxygens (including phenoxy) is 2. The number of nitrogens with zero attached hydrogens (tertiary/aromatic N) is 1. The second-order valence-electron chi connectivity index (χ2n) is 5.36.